The van der Waals surface area contributed by atoms with E-state index < -0.39 is 0 Å². The molecule has 1 fully saturated rings. The maximum Gasteiger partial charge on any atom is 0.122 e. The Morgan fingerprint density at radius 1 is 1.26 bits per heavy atom. The second-order valence-electron chi connectivity index (χ2n) is 5.48. The molecule has 0 spiro atoms. The molecule has 0 amide bonds. The van der Waals surface area contributed by atoms with Crippen molar-refractivity contribution in [3.05, 3.63) is 29.8 Å². The zero-order valence-corrected chi connectivity index (χ0v) is 12.2. The van der Waals surface area contributed by atoms with Crippen molar-refractivity contribution in [1.82, 2.24) is 5.32 Å². The number of para-hydroxylation sites is 1. The fraction of sp³-hybridized carbons (Fsp3) is 0.625. The number of hydrogen-bond acceptors (Lipinski definition) is 3. The molecule has 3 nitrogen and oxygen atoms in total. The SMILES string of the molecule is COc1ccccc1C1CC(NCCOC(C)C)C1. The molecule has 2 rings (SSSR count). The van der Waals surface area contributed by atoms with E-state index in [9.17, 15) is 0 Å². The molecule has 0 radical (unpaired) electrons. The summed E-state index contributed by atoms with van der Waals surface area (Å²) in [6.45, 7) is 5.89. The van der Waals surface area contributed by atoms with E-state index in [1.165, 1.54) is 18.4 Å². The molecule has 1 saturated carbocycles. The molecule has 0 heterocycles. The molecule has 1 aliphatic carbocycles. The molecular weight excluding hydrogens is 238 g/mol. The van der Waals surface area contributed by atoms with Crippen LogP contribution in [0.4, 0.5) is 0 Å². The predicted molar refractivity (Wildman–Crippen MR) is 77.8 cm³/mol. The topological polar surface area (TPSA) is 30.5 Å². The van der Waals surface area contributed by atoms with E-state index in [4.69, 9.17) is 9.47 Å². The van der Waals surface area contributed by atoms with Crippen LogP contribution >= 0.6 is 0 Å². The van der Waals surface area contributed by atoms with Crippen molar-refractivity contribution in [2.75, 3.05) is 20.3 Å². The van der Waals surface area contributed by atoms with Crippen LogP contribution in [0.25, 0.3) is 0 Å². The van der Waals surface area contributed by atoms with Gasteiger partial charge in [-0.25, -0.2) is 0 Å². The maximum atomic E-state index is 5.53. The molecule has 0 aromatic heterocycles. The minimum atomic E-state index is 0.324. The molecular formula is C16H25NO2. The van der Waals surface area contributed by atoms with Crippen LogP contribution in [-0.2, 0) is 4.74 Å². The van der Waals surface area contributed by atoms with Gasteiger partial charge < -0.3 is 14.8 Å². The minimum Gasteiger partial charge on any atom is -0.496 e. The Hall–Kier alpha value is -1.06. The first-order valence-corrected chi connectivity index (χ1v) is 7.18. The van der Waals surface area contributed by atoms with E-state index in [2.05, 4.69) is 31.3 Å². The van der Waals surface area contributed by atoms with E-state index >= 15 is 0 Å². The average molecular weight is 263 g/mol. The predicted octanol–water partition coefficient (Wildman–Crippen LogP) is 2.96. The van der Waals surface area contributed by atoms with Crippen molar-refractivity contribution >= 4 is 0 Å². The fourth-order valence-electron chi connectivity index (χ4n) is 2.60. The molecule has 3 heteroatoms. The highest BCUT2D eigenvalue weighted by Crippen LogP contribution is 2.40. The third-order valence-electron chi connectivity index (χ3n) is 3.70. The lowest BCUT2D eigenvalue weighted by Crippen LogP contribution is -2.41. The smallest absolute Gasteiger partial charge is 0.122 e. The molecule has 1 aliphatic rings. The summed E-state index contributed by atoms with van der Waals surface area (Å²) in [4.78, 5) is 0. The van der Waals surface area contributed by atoms with Gasteiger partial charge in [0.25, 0.3) is 0 Å². The molecule has 0 bridgehead atoms. The molecule has 19 heavy (non-hydrogen) atoms. The number of methoxy groups -OCH3 is 1. The molecule has 106 valence electrons. The van der Waals surface area contributed by atoms with Gasteiger partial charge in [-0.1, -0.05) is 18.2 Å². The van der Waals surface area contributed by atoms with E-state index in [1.54, 1.807) is 7.11 Å². The summed E-state index contributed by atoms with van der Waals surface area (Å²) >= 11 is 0. The first-order chi connectivity index (χ1) is 9.20. The first-order valence-electron chi connectivity index (χ1n) is 7.18. The van der Waals surface area contributed by atoms with Gasteiger partial charge in [-0.15, -0.1) is 0 Å². The second-order valence-corrected chi connectivity index (χ2v) is 5.48. The summed E-state index contributed by atoms with van der Waals surface area (Å²) in [5.41, 5.74) is 1.35. The van der Waals surface area contributed by atoms with Gasteiger partial charge in [0.2, 0.25) is 0 Å². The summed E-state index contributed by atoms with van der Waals surface area (Å²) in [5.74, 6) is 1.66. The van der Waals surface area contributed by atoms with E-state index in [1.807, 2.05) is 12.1 Å². The highest BCUT2D eigenvalue weighted by atomic mass is 16.5. The highest BCUT2D eigenvalue weighted by molar-refractivity contribution is 5.37. The largest absolute Gasteiger partial charge is 0.496 e. The molecule has 1 N–H and O–H groups in total. The molecule has 0 saturated heterocycles. The Kier molecular flexibility index (Phi) is 5.23. The van der Waals surface area contributed by atoms with Crippen molar-refractivity contribution in [2.24, 2.45) is 0 Å². The molecule has 0 aliphatic heterocycles. The Morgan fingerprint density at radius 2 is 2.00 bits per heavy atom. The Labute approximate surface area is 116 Å². The summed E-state index contributed by atoms with van der Waals surface area (Å²) < 4.78 is 10.9. The summed E-state index contributed by atoms with van der Waals surface area (Å²) in [6, 6.07) is 8.98. The van der Waals surface area contributed by atoms with Crippen LogP contribution in [0.15, 0.2) is 24.3 Å². The van der Waals surface area contributed by atoms with Crippen LogP contribution in [0.3, 0.4) is 0 Å². The third kappa shape index (κ3) is 3.95. The van der Waals surface area contributed by atoms with Gasteiger partial charge in [-0.05, 0) is 44.2 Å². The minimum absolute atomic E-state index is 0.324. The van der Waals surface area contributed by atoms with Crippen molar-refractivity contribution in [2.45, 2.75) is 44.8 Å². The standard InChI is InChI=1S/C16H25NO2/c1-12(2)19-9-8-17-14-10-13(11-14)15-6-4-5-7-16(15)18-3/h4-7,12-14,17H,8-11H2,1-3H3. The number of ether oxygens (including phenoxy) is 2. The average Bonchev–Trinajstić information content (AvgIpc) is 2.36. The summed E-state index contributed by atoms with van der Waals surface area (Å²) in [7, 11) is 1.75. The van der Waals surface area contributed by atoms with Crippen molar-refractivity contribution in [1.29, 1.82) is 0 Å². The lowest BCUT2D eigenvalue weighted by molar-refractivity contribution is 0.0767. The summed E-state index contributed by atoms with van der Waals surface area (Å²) in [6.07, 6.45) is 2.72. The van der Waals surface area contributed by atoms with Crippen LogP contribution < -0.4 is 10.1 Å². The zero-order valence-electron chi connectivity index (χ0n) is 12.2. The van der Waals surface area contributed by atoms with Gasteiger partial charge in [0.15, 0.2) is 0 Å². The van der Waals surface area contributed by atoms with Gasteiger partial charge in [0.05, 0.1) is 19.8 Å². The van der Waals surface area contributed by atoms with Gasteiger partial charge >= 0.3 is 0 Å². The lowest BCUT2D eigenvalue weighted by atomic mass is 9.75. The Morgan fingerprint density at radius 3 is 2.68 bits per heavy atom. The maximum absolute atomic E-state index is 5.53. The number of rotatable bonds is 7. The number of hydrogen-bond donors (Lipinski definition) is 1. The van der Waals surface area contributed by atoms with Crippen molar-refractivity contribution < 1.29 is 9.47 Å². The fourth-order valence-corrected chi connectivity index (χ4v) is 2.60. The lowest BCUT2D eigenvalue weighted by Gasteiger charge is -2.37. The van der Waals surface area contributed by atoms with E-state index in [-0.39, 0.29) is 0 Å². The quantitative estimate of drug-likeness (QED) is 0.767. The molecule has 1 aromatic rings. The van der Waals surface area contributed by atoms with E-state index in [0.29, 0.717) is 18.1 Å². The Balaban J connectivity index is 1.71. The number of nitrogens with one attached hydrogen (secondary N) is 1. The molecule has 0 unspecified atom stereocenters. The third-order valence-corrected chi connectivity index (χ3v) is 3.70. The monoisotopic (exact) mass is 263 g/mol. The van der Waals surface area contributed by atoms with Crippen LogP contribution in [0.1, 0.15) is 38.2 Å². The van der Waals surface area contributed by atoms with Crippen molar-refractivity contribution in [3.63, 3.8) is 0 Å². The van der Waals surface area contributed by atoms with Crippen LogP contribution in [0, 0.1) is 0 Å². The van der Waals surface area contributed by atoms with Crippen molar-refractivity contribution in [3.8, 4) is 5.75 Å². The van der Waals surface area contributed by atoms with Crippen LogP contribution in [0.2, 0.25) is 0 Å². The Bertz CT molecular complexity index is 386. The highest BCUT2D eigenvalue weighted by Gasteiger charge is 2.31. The van der Waals surface area contributed by atoms with Gasteiger partial charge in [-0.2, -0.15) is 0 Å². The second kappa shape index (κ2) is 6.92. The van der Waals surface area contributed by atoms with Gasteiger partial charge in [-0.3, -0.25) is 0 Å². The molecule has 1 aromatic carbocycles. The zero-order chi connectivity index (χ0) is 13.7. The normalized spacial score (nSPS) is 22.3. The van der Waals surface area contributed by atoms with Gasteiger partial charge in [0, 0.05) is 12.6 Å². The van der Waals surface area contributed by atoms with Crippen LogP contribution in [0.5, 0.6) is 5.75 Å². The van der Waals surface area contributed by atoms with Gasteiger partial charge in [0.1, 0.15) is 5.75 Å². The van der Waals surface area contributed by atoms with Crippen LogP contribution in [-0.4, -0.2) is 32.4 Å². The summed E-state index contributed by atoms with van der Waals surface area (Å²) in [5, 5.41) is 3.55. The number of benzene rings is 1. The van der Waals surface area contributed by atoms with E-state index in [0.717, 1.165) is 18.9 Å². The molecule has 0 atom stereocenters. The first kappa shape index (κ1) is 14.4.